The second kappa shape index (κ2) is 6.90. The van der Waals surface area contributed by atoms with Crippen LogP contribution in [-0.2, 0) is 19.5 Å². The Morgan fingerprint density at radius 1 is 1.41 bits per heavy atom. The van der Waals surface area contributed by atoms with E-state index in [1.165, 1.54) is 10.2 Å². The second-order valence-corrected chi connectivity index (χ2v) is 5.74. The molecule has 0 fully saturated rings. The molecule has 0 aliphatic carbocycles. The zero-order valence-corrected chi connectivity index (χ0v) is 14.2. The third kappa shape index (κ3) is 3.55. The summed E-state index contributed by atoms with van der Waals surface area (Å²) in [6, 6.07) is 0.521. The molecule has 0 saturated carbocycles. The van der Waals surface area contributed by atoms with E-state index < -0.39 is 0 Å². The van der Waals surface area contributed by atoms with Gasteiger partial charge in [0.15, 0.2) is 0 Å². The number of halogens is 2. The van der Waals surface area contributed by atoms with Gasteiger partial charge in [-0.1, -0.05) is 22.9 Å². The van der Waals surface area contributed by atoms with Gasteiger partial charge in [-0.15, -0.1) is 0 Å². The van der Waals surface area contributed by atoms with Crippen LogP contribution in [0.5, 0.6) is 0 Å². The maximum Gasteiger partial charge on any atom is 0.0767 e. The van der Waals surface area contributed by atoms with E-state index >= 15 is 0 Å². The van der Waals surface area contributed by atoms with Crippen LogP contribution in [0.2, 0.25) is 0 Å². The SMILES string of the molecule is CCc1nn(CC)c(CN(C)C(C)CBr)c1Br. The van der Waals surface area contributed by atoms with Gasteiger partial charge in [-0.2, -0.15) is 5.10 Å². The molecule has 0 aromatic carbocycles. The van der Waals surface area contributed by atoms with Gasteiger partial charge in [-0.05, 0) is 43.2 Å². The first-order valence-corrected chi connectivity index (χ1v) is 7.96. The van der Waals surface area contributed by atoms with Crippen molar-refractivity contribution in [3.63, 3.8) is 0 Å². The minimum absolute atomic E-state index is 0.521. The van der Waals surface area contributed by atoms with E-state index in [0.29, 0.717) is 6.04 Å². The molecule has 98 valence electrons. The van der Waals surface area contributed by atoms with Gasteiger partial charge >= 0.3 is 0 Å². The lowest BCUT2D eigenvalue weighted by molar-refractivity contribution is 0.261. The van der Waals surface area contributed by atoms with Crippen LogP contribution in [0, 0.1) is 0 Å². The molecular weight excluding hydrogens is 346 g/mol. The number of rotatable bonds is 6. The van der Waals surface area contributed by atoms with Crippen molar-refractivity contribution < 1.29 is 0 Å². The molecule has 1 atom stereocenters. The quantitative estimate of drug-likeness (QED) is 0.719. The second-order valence-electron chi connectivity index (χ2n) is 4.30. The van der Waals surface area contributed by atoms with Crippen molar-refractivity contribution in [2.45, 2.75) is 46.3 Å². The number of hydrogen-bond acceptors (Lipinski definition) is 2. The van der Waals surface area contributed by atoms with E-state index in [4.69, 9.17) is 0 Å². The molecule has 1 unspecified atom stereocenters. The van der Waals surface area contributed by atoms with Gasteiger partial charge in [0.25, 0.3) is 0 Å². The Morgan fingerprint density at radius 3 is 2.53 bits per heavy atom. The van der Waals surface area contributed by atoms with Gasteiger partial charge < -0.3 is 0 Å². The Morgan fingerprint density at radius 2 is 2.06 bits per heavy atom. The zero-order chi connectivity index (χ0) is 13.0. The van der Waals surface area contributed by atoms with Crippen molar-refractivity contribution in [2.75, 3.05) is 12.4 Å². The van der Waals surface area contributed by atoms with E-state index in [1.807, 2.05) is 0 Å². The summed E-state index contributed by atoms with van der Waals surface area (Å²) >= 11 is 7.21. The molecule has 0 saturated heterocycles. The van der Waals surface area contributed by atoms with Gasteiger partial charge in [0.2, 0.25) is 0 Å². The van der Waals surface area contributed by atoms with Gasteiger partial charge in [-0.25, -0.2) is 0 Å². The molecule has 1 aromatic heterocycles. The summed E-state index contributed by atoms with van der Waals surface area (Å²) in [6.07, 6.45) is 0.971. The lowest BCUT2D eigenvalue weighted by Gasteiger charge is -2.23. The van der Waals surface area contributed by atoms with Gasteiger partial charge in [0, 0.05) is 24.5 Å². The van der Waals surface area contributed by atoms with Crippen molar-refractivity contribution in [3.8, 4) is 0 Å². The van der Waals surface area contributed by atoms with Crippen molar-refractivity contribution >= 4 is 31.9 Å². The number of aromatic nitrogens is 2. The van der Waals surface area contributed by atoms with Crippen LogP contribution in [0.3, 0.4) is 0 Å². The summed E-state index contributed by atoms with van der Waals surface area (Å²) < 4.78 is 3.27. The Balaban J connectivity index is 2.92. The molecule has 17 heavy (non-hydrogen) atoms. The summed E-state index contributed by atoms with van der Waals surface area (Å²) in [5, 5.41) is 5.60. The van der Waals surface area contributed by atoms with Crippen molar-refractivity contribution in [1.82, 2.24) is 14.7 Å². The first-order valence-electron chi connectivity index (χ1n) is 6.05. The Labute approximate surface area is 121 Å². The molecule has 0 aliphatic heterocycles. The standard InChI is InChI=1S/C12H21Br2N3/c1-5-10-12(14)11(17(6-2)15-10)8-16(4)9(3)7-13/h9H,5-8H2,1-4H3. The predicted molar refractivity (Wildman–Crippen MR) is 79.7 cm³/mol. The first-order chi connectivity index (χ1) is 8.04. The summed E-state index contributed by atoms with van der Waals surface area (Å²) in [6.45, 7) is 8.34. The van der Waals surface area contributed by atoms with Crippen LogP contribution in [0.4, 0.5) is 0 Å². The Kier molecular flexibility index (Phi) is 6.17. The summed E-state index contributed by atoms with van der Waals surface area (Å²) in [5.74, 6) is 0. The third-order valence-corrected chi connectivity index (χ3v) is 4.92. The molecule has 1 heterocycles. The Hall–Kier alpha value is 0.130. The largest absolute Gasteiger partial charge is 0.297 e. The average Bonchev–Trinajstić information content (AvgIpc) is 2.65. The highest BCUT2D eigenvalue weighted by Crippen LogP contribution is 2.24. The number of alkyl halides is 1. The predicted octanol–water partition coefficient (Wildman–Crippen LogP) is 3.44. The average molecular weight is 367 g/mol. The molecule has 0 bridgehead atoms. The van der Waals surface area contributed by atoms with Crippen molar-refractivity contribution in [1.29, 1.82) is 0 Å². The molecule has 1 aromatic rings. The molecule has 1 rings (SSSR count). The van der Waals surface area contributed by atoms with Gasteiger partial charge in [0.05, 0.1) is 15.9 Å². The number of nitrogens with zero attached hydrogens (tertiary/aromatic N) is 3. The van der Waals surface area contributed by atoms with Crippen LogP contribution in [-0.4, -0.2) is 33.1 Å². The van der Waals surface area contributed by atoms with Crippen LogP contribution in [0.1, 0.15) is 32.2 Å². The van der Waals surface area contributed by atoms with Crippen LogP contribution in [0.25, 0.3) is 0 Å². The highest BCUT2D eigenvalue weighted by Gasteiger charge is 2.17. The van der Waals surface area contributed by atoms with Crippen LogP contribution in [0.15, 0.2) is 4.47 Å². The molecule has 3 nitrogen and oxygen atoms in total. The van der Waals surface area contributed by atoms with Crippen molar-refractivity contribution in [2.24, 2.45) is 0 Å². The maximum atomic E-state index is 4.62. The molecule has 0 amide bonds. The number of aryl methyl sites for hydroxylation is 2. The minimum Gasteiger partial charge on any atom is -0.297 e. The summed E-state index contributed by atoms with van der Waals surface area (Å²) in [4.78, 5) is 2.34. The lowest BCUT2D eigenvalue weighted by Crippen LogP contribution is -2.30. The van der Waals surface area contributed by atoms with E-state index in [-0.39, 0.29) is 0 Å². The summed E-state index contributed by atoms with van der Waals surface area (Å²) in [5.41, 5.74) is 2.43. The topological polar surface area (TPSA) is 21.1 Å². The van der Waals surface area contributed by atoms with Gasteiger partial charge in [-0.3, -0.25) is 9.58 Å². The first kappa shape index (κ1) is 15.2. The van der Waals surface area contributed by atoms with E-state index in [9.17, 15) is 0 Å². The fraction of sp³-hybridized carbons (Fsp3) is 0.750. The molecule has 5 heteroatoms. The molecular formula is C12H21Br2N3. The van der Waals surface area contributed by atoms with E-state index in [2.05, 4.69) is 74.4 Å². The van der Waals surface area contributed by atoms with Crippen LogP contribution >= 0.6 is 31.9 Å². The fourth-order valence-corrected chi connectivity index (χ4v) is 2.86. The third-order valence-electron chi connectivity index (χ3n) is 3.07. The van der Waals surface area contributed by atoms with Crippen molar-refractivity contribution in [3.05, 3.63) is 15.9 Å². The minimum atomic E-state index is 0.521. The highest BCUT2D eigenvalue weighted by atomic mass is 79.9. The maximum absolute atomic E-state index is 4.62. The number of hydrogen-bond donors (Lipinski definition) is 0. The summed E-state index contributed by atoms with van der Waals surface area (Å²) in [7, 11) is 2.15. The zero-order valence-electron chi connectivity index (χ0n) is 11.0. The molecule has 0 spiro atoms. The van der Waals surface area contributed by atoms with Gasteiger partial charge in [0.1, 0.15) is 0 Å². The molecule has 0 aliphatic rings. The van der Waals surface area contributed by atoms with E-state index in [1.54, 1.807) is 0 Å². The smallest absolute Gasteiger partial charge is 0.0767 e. The lowest BCUT2D eigenvalue weighted by atomic mass is 10.2. The normalized spacial score (nSPS) is 13.4. The molecule has 0 N–H and O–H groups in total. The fourth-order valence-electron chi connectivity index (χ4n) is 1.68. The monoisotopic (exact) mass is 365 g/mol. The van der Waals surface area contributed by atoms with E-state index in [0.717, 1.165) is 30.5 Å². The molecule has 0 radical (unpaired) electrons. The highest BCUT2D eigenvalue weighted by molar-refractivity contribution is 9.10. The Bertz CT molecular complexity index is 363. The van der Waals surface area contributed by atoms with Crippen LogP contribution < -0.4 is 0 Å².